The second-order valence-corrected chi connectivity index (χ2v) is 5.68. The van der Waals surface area contributed by atoms with Gasteiger partial charge in [-0.05, 0) is 24.1 Å². The molecule has 0 spiro atoms. The lowest BCUT2D eigenvalue weighted by molar-refractivity contribution is 0.414. The third-order valence-corrected chi connectivity index (χ3v) is 4.20. The molecule has 0 saturated heterocycles. The zero-order valence-corrected chi connectivity index (χ0v) is 14.5. The van der Waals surface area contributed by atoms with E-state index in [0.29, 0.717) is 0 Å². The summed E-state index contributed by atoms with van der Waals surface area (Å²) in [6.07, 6.45) is 1.72. The minimum Gasteiger partial charge on any atom is -0.497 e. The number of benzene rings is 1. The van der Waals surface area contributed by atoms with Crippen molar-refractivity contribution in [2.24, 2.45) is 0 Å². The highest BCUT2D eigenvalue weighted by atomic mass is 35.5. The van der Waals surface area contributed by atoms with Gasteiger partial charge in [0.2, 0.25) is 0 Å². The Balaban J connectivity index is 0.00000192. The van der Waals surface area contributed by atoms with Crippen molar-refractivity contribution in [3.63, 3.8) is 0 Å². The fraction of sp³-hybridized carbons (Fsp3) is 0.471. The standard InChI is InChI=1S/C17H23N3O2.ClH/c1-3-8-19-15(11-13-5-4-6-14(10-13)22-2)16-12-18-7-9-20(16)17(19)21;/h4-6,10,18H,3,7-9,11-12H2,1-2H3;1H. The largest absolute Gasteiger partial charge is 0.497 e. The fourth-order valence-electron chi connectivity index (χ4n) is 3.14. The summed E-state index contributed by atoms with van der Waals surface area (Å²) in [5.41, 5.74) is 3.57. The number of hydrogen-bond donors (Lipinski definition) is 1. The van der Waals surface area contributed by atoms with E-state index in [1.807, 2.05) is 27.3 Å². The van der Waals surface area contributed by atoms with E-state index < -0.39 is 0 Å². The number of aromatic nitrogens is 2. The fourth-order valence-corrected chi connectivity index (χ4v) is 3.14. The number of fused-ring (bicyclic) bond motifs is 1. The van der Waals surface area contributed by atoms with E-state index in [0.717, 1.165) is 56.2 Å². The van der Waals surface area contributed by atoms with Crippen LogP contribution >= 0.6 is 12.4 Å². The van der Waals surface area contributed by atoms with E-state index in [2.05, 4.69) is 18.3 Å². The van der Waals surface area contributed by atoms with Crippen molar-refractivity contribution >= 4 is 12.4 Å². The number of methoxy groups -OCH3 is 1. The predicted molar refractivity (Wildman–Crippen MR) is 93.7 cm³/mol. The van der Waals surface area contributed by atoms with Crippen molar-refractivity contribution in [1.82, 2.24) is 14.5 Å². The molecule has 0 radical (unpaired) electrons. The van der Waals surface area contributed by atoms with Crippen LogP contribution in [-0.2, 0) is 26.1 Å². The Hall–Kier alpha value is -1.72. The van der Waals surface area contributed by atoms with Crippen LogP contribution in [0.1, 0.15) is 30.3 Å². The summed E-state index contributed by atoms with van der Waals surface area (Å²) in [4.78, 5) is 12.6. The summed E-state index contributed by atoms with van der Waals surface area (Å²) in [5.74, 6) is 0.855. The quantitative estimate of drug-likeness (QED) is 0.909. The summed E-state index contributed by atoms with van der Waals surface area (Å²) in [5, 5.41) is 3.37. The number of halogens is 1. The molecule has 0 saturated carbocycles. The van der Waals surface area contributed by atoms with Gasteiger partial charge in [0.15, 0.2) is 0 Å². The van der Waals surface area contributed by atoms with Crippen LogP contribution in [0.25, 0.3) is 0 Å². The van der Waals surface area contributed by atoms with Gasteiger partial charge in [-0.15, -0.1) is 12.4 Å². The van der Waals surface area contributed by atoms with Crippen molar-refractivity contribution in [2.45, 2.75) is 39.4 Å². The molecule has 2 heterocycles. The maximum absolute atomic E-state index is 12.6. The zero-order valence-electron chi connectivity index (χ0n) is 13.7. The highest BCUT2D eigenvalue weighted by molar-refractivity contribution is 5.85. The summed E-state index contributed by atoms with van der Waals surface area (Å²) in [6.45, 7) is 5.28. The average molecular weight is 338 g/mol. The Bertz CT molecular complexity index is 721. The number of ether oxygens (including phenoxy) is 1. The topological polar surface area (TPSA) is 48.2 Å². The first-order valence-corrected chi connectivity index (χ1v) is 7.89. The van der Waals surface area contributed by atoms with Gasteiger partial charge in [0, 0.05) is 38.3 Å². The van der Waals surface area contributed by atoms with E-state index >= 15 is 0 Å². The molecule has 23 heavy (non-hydrogen) atoms. The van der Waals surface area contributed by atoms with E-state index in [9.17, 15) is 4.79 Å². The second-order valence-electron chi connectivity index (χ2n) is 5.68. The van der Waals surface area contributed by atoms with Crippen molar-refractivity contribution in [3.8, 4) is 5.75 Å². The molecule has 2 aromatic rings. The lowest BCUT2D eigenvalue weighted by Crippen LogP contribution is -2.34. The van der Waals surface area contributed by atoms with Crippen LogP contribution in [0.15, 0.2) is 29.1 Å². The van der Waals surface area contributed by atoms with Gasteiger partial charge in [0.05, 0.1) is 12.8 Å². The lowest BCUT2D eigenvalue weighted by atomic mass is 10.1. The molecule has 1 aromatic carbocycles. The average Bonchev–Trinajstić information content (AvgIpc) is 2.82. The minimum absolute atomic E-state index is 0. The van der Waals surface area contributed by atoms with E-state index in [4.69, 9.17) is 4.74 Å². The monoisotopic (exact) mass is 337 g/mol. The third-order valence-electron chi connectivity index (χ3n) is 4.20. The molecular weight excluding hydrogens is 314 g/mol. The first kappa shape index (κ1) is 17.6. The second kappa shape index (κ2) is 7.70. The molecule has 0 fully saturated rings. The van der Waals surface area contributed by atoms with Crippen LogP contribution in [0.4, 0.5) is 0 Å². The molecular formula is C17H24ClN3O2. The van der Waals surface area contributed by atoms with E-state index in [-0.39, 0.29) is 18.1 Å². The third kappa shape index (κ3) is 3.46. The number of hydrogen-bond acceptors (Lipinski definition) is 3. The van der Waals surface area contributed by atoms with E-state index in [1.165, 1.54) is 5.56 Å². The van der Waals surface area contributed by atoms with Gasteiger partial charge in [0.1, 0.15) is 5.75 Å². The number of rotatable bonds is 5. The van der Waals surface area contributed by atoms with Crippen molar-refractivity contribution in [3.05, 3.63) is 51.7 Å². The number of nitrogens with zero attached hydrogens (tertiary/aromatic N) is 2. The normalized spacial score (nSPS) is 13.3. The molecule has 0 bridgehead atoms. The van der Waals surface area contributed by atoms with Gasteiger partial charge in [-0.3, -0.25) is 9.13 Å². The van der Waals surface area contributed by atoms with Gasteiger partial charge in [0.25, 0.3) is 0 Å². The molecule has 0 aliphatic carbocycles. The van der Waals surface area contributed by atoms with Crippen LogP contribution in [0.3, 0.4) is 0 Å². The molecule has 5 nitrogen and oxygen atoms in total. The molecule has 0 unspecified atom stereocenters. The maximum Gasteiger partial charge on any atom is 0.328 e. The Morgan fingerprint density at radius 1 is 1.35 bits per heavy atom. The van der Waals surface area contributed by atoms with Gasteiger partial charge in [-0.1, -0.05) is 19.1 Å². The van der Waals surface area contributed by atoms with Gasteiger partial charge in [-0.2, -0.15) is 0 Å². The van der Waals surface area contributed by atoms with Crippen molar-refractivity contribution in [1.29, 1.82) is 0 Å². The summed E-state index contributed by atoms with van der Waals surface area (Å²) in [6, 6.07) is 8.07. The highest BCUT2D eigenvalue weighted by Crippen LogP contribution is 2.19. The number of nitrogens with one attached hydrogen (secondary N) is 1. The molecule has 0 atom stereocenters. The number of imidazole rings is 1. The maximum atomic E-state index is 12.6. The highest BCUT2D eigenvalue weighted by Gasteiger charge is 2.21. The molecule has 6 heteroatoms. The molecule has 126 valence electrons. The smallest absolute Gasteiger partial charge is 0.328 e. The SMILES string of the molecule is CCCn1c(Cc2cccc(OC)c2)c2n(c1=O)CCNC2.Cl. The minimum atomic E-state index is 0. The zero-order chi connectivity index (χ0) is 15.5. The first-order chi connectivity index (χ1) is 10.7. The van der Waals surface area contributed by atoms with Crippen molar-refractivity contribution in [2.75, 3.05) is 13.7 Å². The molecule has 0 amide bonds. The summed E-state index contributed by atoms with van der Waals surface area (Å²) < 4.78 is 9.18. The van der Waals surface area contributed by atoms with Crippen LogP contribution in [0.5, 0.6) is 5.75 Å². The van der Waals surface area contributed by atoms with Crippen LogP contribution in [0.2, 0.25) is 0 Å². The predicted octanol–water partition coefficient (Wildman–Crippen LogP) is 2.18. The Morgan fingerprint density at radius 3 is 2.91 bits per heavy atom. The molecule has 1 aliphatic rings. The van der Waals surface area contributed by atoms with E-state index in [1.54, 1.807) is 7.11 Å². The first-order valence-electron chi connectivity index (χ1n) is 7.89. The van der Waals surface area contributed by atoms with Gasteiger partial charge in [-0.25, -0.2) is 4.79 Å². The Labute approximate surface area is 142 Å². The van der Waals surface area contributed by atoms with Crippen molar-refractivity contribution < 1.29 is 4.74 Å². The van der Waals surface area contributed by atoms with Crippen LogP contribution in [-0.4, -0.2) is 22.8 Å². The van der Waals surface area contributed by atoms with Crippen LogP contribution < -0.4 is 15.7 Å². The van der Waals surface area contributed by atoms with Crippen LogP contribution in [0, 0.1) is 0 Å². The molecule has 1 N–H and O–H groups in total. The molecule has 1 aromatic heterocycles. The molecule has 3 rings (SSSR count). The summed E-state index contributed by atoms with van der Waals surface area (Å²) >= 11 is 0. The Morgan fingerprint density at radius 2 is 2.17 bits per heavy atom. The molecule has 1 aliphatic heterocycles. The summed E-state index contributed by atoms with van der Waals surface area (Å²) in [7, 11) is 1.68. The van der Waals surface area contributed by atoms with Gasteiger partial charge < -0.3 is 10.1 Å². The lowest BCUT2D eigenvalue weighted by Gasteiger charge is -2.16. The Kier molecular flexibility index (Phi) is 5.91. The van der Waals surface area contributed by atoms with Gasteiger partial charge >= 0.3 is 5.69 Å².